The molecule has 0 radical (unpaired) electrons. The first-order valence-corrected chi connectivity index (χ1v) is 20.8. The Morgan fingerprint density at radius 3 is 1.43 bits per heavy atom. The second-order valence-corrected chi connectivity index (χ2v) is 15.6. The van der Waals surface area contributed by atoms with Gasteiger partial charge in [-0.3, -0.25) is 0 Å². The molecule has 282 valence electrons. The first-order chi connectivity index (χ1) is 29.8. The topological polar surface area (TPSA) is 3.24 Å². The Bertz CT molecular complexity index is 3080. The SMILES string of the molecule is c1ccc(-c2ccccc2-c2ccc(N(c3ccc4c(c3)C(c3ccccc3)(c3ccccc3)c3ccccc3-4)c3ccc4ccccc4c3-c3ccccc3)cc2)cc1. The highest BCUT2D eigenvalue weighted by atomic mass is 15.1. The van der Waals surface area contributed by atoms with Crippen molar-refractivity contribution < 1.29 is 0 Å². The van der Waals surface area contributed by atoms with Gasteiger partial charge >= 0.3 is 0 Å². The van der Waals surface area contributed by atoms with Crippen LogP contribution in [0.25, 0.3) is 55.3 Å². The standard InChI is InChI=1S/C59H41N/c1-5-19-42(20-6-1)50-28-15-16-29-51(50)44-33-36-48(37-34-44)60(57-40-35-43-21-13-14-30-52(43)58(57)45-22-7-2-8-23-45)49-38-39-54-53-31-17-18-32-55(53)59(56(54)41-49,46-24-9-3-10-25-46)47-26-11-4-12-27-47/h1-41H. The Morgan fingerprint density at radius 1 is 0.300 bits per heavy atom. The van der Waals surface area contributed by atoms with Gasteiger partial charge < -0.3 is 4.90 Å². The van der Waals surface area contributed by atoms with Gasteiger partial charge in [-0.25, -0.2) is 0 Å². The monoisotopic (exact) mass is 763 g/mol. The van der Waals surface area contributed by atoms with Gasteiger partial charge in [0.2, 0.25) is 0 Å². The number of benzene rings is 10. The fraction of sp³-hybridized carbons (Fsp3) is 0.0169. The number of hydrogen-bond acceptors (Lipinski definition) is 1. The van der Waals surface area contributed by atoms with Crippen LogP contribution in [0.2, 0.25) is 0 Å². The highest BCUT2D eigenvalue weighted by Gasteiger charge is 2.46. The fourth-order valence-corrected chi connectivity index (χ4v) is 9.75. The van der Waals surface area contributed by atoms with Gasteiger partial charge in [0.1, 0.15) is 0 Å². The number of nitrogens with zero attached hydrogens (tertiary/aromatic N) is 1. The number of anilines is 3. The molecule has 60 heavy (non-hydrogen) atoms. The van der Waals surface area contributed by atoms with Gasteiger partial charge in [-0.05, 0) is 102 Å². The molecule has 0 unspecified atom stereocenters. The molecule has 0 bridgehead atoms. The lowest BCUT2D eigenvalue weighted by molar-refractivity contribution is 0.768. The van der Waals surface area contributed by atoms with E-state index < -0.39 is 5.41 Å². The Hall–Kier alpha value is -7.74. The molecular formula is C59H41N. The van der Waals surface area contributed by atoms with Crippen LogP contribution in [0.4, 0.5) is 17.1 Å². The normalized spacial score (nSPS) is 12.5. The van der Waals surface area contributed by atoms with E-state index in [-0.39, 0.29) is 0 Å². The summed E-state index contributed by atoms with van der Waals surface area (Å²) >= 11 is 0. The summed E-state index contributed by atoms with van der Waals surface area (Å²) in [7, 11) is 0. The summed E-state index contributed by atoms with van der Waals surface area (Å²) in [6.45, 7) is 0. The maximum Gasteiger partial charge on any atom is 0.0714 e. The van der Waals surface area contributed by atoms with Crippen LogP contribution in [0, 0.1) is 0 Å². The van der Waals surface area contributed by atoms with Crippen LogP contribution in [-0.2, 0) is 5.41 Å². The molecule has 1 aliphatic carbocycles. The zero-order chi connectivity index (χ0) is 39.9. The van der Waals surface area contributed by atoms with E-state index in [1.807, 2.05) is 0 Å². The van der Waals surface area contributed by atoms with Crippen molar-refractivity contribution in [2.24, 2.45) is 0 Å². The Labute approximate surface area is 352 Å². The number of hydrogen-bond donors (Lipinski definition) is 0. The quantitative estimate of drug-likeness (QED) is 0.149. The van der Waals surface area contributed by atoms with E-state index in [0.29, 0.717) is 0 Å². The Morgan fingerprint density at radius 2 is 0.783 bits per heavy atom. The van der Waals surface area contributed by atoms with Crippen LogP contribution in [0.3, 0.4) is 0 Å². The van der Waals surface area contributed by atoms with Crippen molar-refractivity contribution in [2.75, 3.05) is 4.90 Å². The molecule has 0 amide bonds. The minimum absolute atomic E-state index is 0.521. The molecule has 0 N–H and O–H groups in total. The van der Waals surface area contributed by atoms with Crippen molar-refractivity contribution in [1.29, 1.82) is 0 Å². The number of fused-ring (bicyclic) bond motifs is 4. The molecule has 0 aliphatic heterocycles. The summed E-state index contributed by atoms with van der Waals surface area (Å²) < 4.78 is 0. The van der Waals surface area contributed by atoms with E-state index in [4.69, 9.17) is 0 Å². The van der Waals surface area contributed by atoms with Crippen molar-refractivity contribution in [3.05, 3.63) is 271 Å². The summed E-state index contributed by atoms with van der Waals surface area (Å²) in [5, 5.41) is 2.43. The van der Waals surface area contributed by atoms with E-state index >= 15 is 0 Å². The summed E-state index contributed by atoms with van der Waals surface area (Å²) in [4.78, 5) is 2.48. The lowest BCUT2D eigenvalue weighted by atomic mass is 9.67. The summed E-state index contributed by atoms with van der Waals surface area (Å²) in [6.07, 6.45) is 0. The predicted molar refractivity (Wildman–Crippen MR) is 252 cm³/mol. The maximum atomic E-state index is 2.48. The largest absolute Gasteiger partial charge is 0.310 e. The Balaban J connectivity index is 1.17. The van der Waals surface area contributed by atoms with Gasteiger partial charge in [-0.15, -0.1) is 0 Å². The van der Waals surface area contributed by atoms with Crippen LogP contribution in [0.5, 0.6) is 0 Å². The lowest BCUT2D eigenvalue weighted by Crippen LogP contribution is -2.28. The Kier molecular flexibility index (Phi) is 8.79. The molecule has 0 aromatic heterocycles. The molecule has 10 aromatic carbocycles. The fourth-order valence-electron chi connectivity index (χ4n) is 9.75. The van der Waals surface area contributed by atoms with Crippen LogP contribution >= 0.6 is 0 Å². The zero-order valence-corrected chi connectivity index (χ0v) is 33.1. The summed E-state index contributed by atoms with van der Waals surface area (Å²) in [5.41, 5.74) is 17.6. The van der Waals surface area contributed by atoms with Crippen LogP contribution < -0.4 is 4.90 Å². The first kappa shape index (κ1) is 35.4. The van der Waals surface area contributed by atoms with Crippen LogP contribution in [0.1, 0.15) is 22.3 Å². The third-order valence-corrected chi connectivity index (χ3v) is 12.4. The van der Waals surface area contributed by atoms with E-state index in [2.05, 4.69) is 254 Å². The van der Waals surface area contributed by atoms with E-state index in [1.54, 1.807) is 0 Å². The first-order valence-electron chi connectivity index (χ1n) is 20.8. The molecule has 0 heterocycles. The molecule has 10 aromatic rings. The third kappa shape index (κ3) is 5.78. The average molecular weight is 764 g/mol. The smallest absolute Gasteiger partial charge is 0.0714 e. The molecule has 0 atom stereocenters. The highest BCUT2D eigenvalue weighted by molar-refractivity contribution is 6.05. The van der Waals surface area contributed by atoms with Crippen molar-refractivity contribution in [2.45, 2.75) is 5.41 Å². The summed E-state index contributed by atoms with van der Waals surface area (Å²) in [6, 6.07) is 91.1. The van der Waals surface area contributed by atoms with Crippen molar-refractivity contribution in [3.63, 3.8) is 0 Å². The van der Waals surface area contributed by atoms with Crippen LogP contribution in [0.15, 0.2) is 249 Å². The molecule has 0 spiro atoms. The molecule has 1 aliphatic rings. The van der Waals surface area contributed by atoms with Gasteiger partial charge in [0, 0.05) is 16.9 Å². The van der Waals surface area contributed by atoms with Gasteiger partial charge in [0.05, 0.1) is 11.1 Å². The van der Waals surface area contributed by atoms with Crippen molar-refractivity contribution >= 4 is 27.8 Å². The van der Waals surface area contributed by atoms with E-state index in [1.165, 1.54) is 77.5 Å². The van der Waals surface area contributed by atoms with Gasteiger partial charge in [-0.2, -0.15) is 0 Å². The van der Waals surface area contributed by atoms with Gasteiger partial charge in [0.15, 0.2) is 0 Å². The molecule has 0 saturated heterocycles. The summed E-state index contributed by atoms with van der Waals surface area (Å²) in [5.74, 6) is 0. The molecule has 1 nitrogen and oxygen atoms in total. The average Bonchev–Trinajstić information content (AvgIpc) is 3.63. The third-order valence-electron chi connectivity index (χ3n) is 12.4. The van der Waals surface area contributed by atoms with Crippen LogP contribution in [-0.4, -0.2) is 0 Å². The van der Waals surface area contributed by atoms with Gasteiger partial charge in [-0.1, -0.05) is 218 Å². The highest BCUT2D eigenvalue weighted by Crippen LogP contribution is 2.57. The molecular weight excluding hydrogens is 723 g/mol. The minimum Gasteiger partial charge on any atom is -0.310 e. The molecule has 0 fully saturated rings. The van der Waals surface area contributed by atoms with Crippen molar-refractivity contribution in [1.82, 2.24) is 0 Å². The predicted octanol–water partition coefficient (Wildman–Crippen LogP) is 15.7. The lowest BCUT2D eigenvalue weighted by Gasteiger charge is -2.35. The van der Waals surface area contributed by atoms with E-state index in [9.17, 15) is 0 Å². The van der Waals surface area contributed by atoms with E-state index in [0.717, 1.165) is 17.1 Å². The number of rotatable bonds is 8. The molecule has 11 rings (SSSR count). The molecule has 0 saturated carbocycles. The second-order valence-electron chi connectivity index (χ2n) is 15.6. The minimum atomic E-state index is -0.521. The van der Waals surface area contributed by atoms with Gasteiger partial charge in [0.25, 0.3) is 0 Å². The maximum absolute atomic E-state index is 2.48. The van der Waals surface area contributed by atoms with Crippen molar-refractivity contribution in [3.8, 4) is 44.5 Å². The second kappa shape index (κ2) is 14.9. The zero-order valence-electron chi connectivity index (χ0n) is 33.1. The molecule has 1 heteroatoms.